The maximum Gasteiger partial charge on any atom is 0.155 e. The van der Waals surface area contributed by atoms with Gasteiger partial charge < -0.3 is 25.4 Å². The third kappa shape index (κ3) is 6.74. The van der Waals surface area contributed by atoms with E-state index in [9.17, 15) is 0 Å². The first-order valence-electron chi connectivity index (χ1n) is 12.7. The van der Waals surface area contributed by atoms with E-state index in [1.807, 2.05) is 6.07 Å². The van der Waals surface area contributed by atoms with Gasteiger partial charge in [0.15, 0.2) is 5.15 Å². The fourth-order valence-electron chi connectivity index (χ4n) is 5.14. The van der Waals surface area contributed by atoms with E-state index in [0.29, 0.717) is 45.7 Å². The van der Waals surface area contributed by atoms with Gasteiger partial charge in [-0.25, -0.2) is 15.0 Å². The molecule has 0 bridgehead atoms. The molecule has 3 aliphatic rings. The van der Waals surface area contributed by atoms with Crippen LogP contribution in [0.5, 0.6) is 0 Å². The minimum absolute atomic E-state index is 0.322. The Kier molecular flexibility index (Phi) is 8.57. The molecule has 190 valence electrons. The van der Waals surface area contributed by atoms with Crippen LogP contribution >= 0.6 is 23.2 Å². The van der Waals surface area contributed by atoms with Crippen LogP contribution in [0.3, 0.4) is 0 Å². The summed E-state index contributed by atoms with van der Waals surface area (Å²) in [6, 6.07) is 3.39. The average Bonchev–Trinajstić information content (AvgIpc) is 3.40. The van der Waals surface area contributed by atoms with Gasteiger partial charge in [-0.2, -0.15) is 0 Å². The normalized spacial score (nSPS) is 25.5. The second-order valence-electron chi connectivity index (χ2n) is 9.80. The van der Waals surface area contributed by atoms with E-state index in [-0.39, 0.29) is 0 Å². The van der Waals surface area contributed by atoms with Gasteiger partial charge in [0.05, 0.1) is 17.8 Å². The van der Waals surface area contributed by atoms with E-state index in [1.54, 1.807) is 12.4 Å². The number of ether oxygens (including phenoxy) is 2. The number of aromatic nitrogens is 3. The quantitative estimate of drug-likeness (QED) is 0.457. The monoisotopic (exact) mass is 520 g/mol. The van der Waals surface area contributed by atoms with Crippen LogP contribution in [0.15, 0.2) is 18.5 Å². The summed E-state index contributed by atoms with van der Waals surface area (Å²) < 4.78 is 10.9. The Hall–Kier alpha value is -1.71. The highest BCUT2D eigenvalue weighted by Crippen LogP contribution is 2.33. The zero-order valence-electron chi connectivity index (χ0n) is 19.9. The maximum absolute atomic E-state index is 6.53. The number of rotatable bonds is 8. The van der Waals surface area contributed by atoms with Crippen molar-refractivity contribution in [2.24, 2.45) is 5.92 Å². The molecule has 3 fully saturated rings. The number of halogens is 2. The van der Waals surface area contributed by atoms with Crippen molar-refractivity contribution in [3.8, 4) is 11.3 Å². The molecule has 0 spiro atoms. The van der Waals surface area contributed by atoms with Gasteiger partial charge in [-0.05, 0) is 56.9 Å². The Morgan fingerprint density at radius 2 is 1.60 bits per heavy atom. The highest BCUT2D eigenvalue weighted by Gasteiger charge is 2.25. The van der Waals surface area contributed by atoms with Gasteiger partial charge in [0, 0.05) is 56.3 Å². The predicted octanol–water partition coefficient (Wildman–Crippen LogP) is 4.79. The van der Waals surface area contributed by atoms with Crippen LogP contribution in [-0.2, 0) is 9.47 Å². The Morgan fingerprint density at radius 3 is 2.37 bits per heavy atom. The molecule has 1 saturated carbocycles. The second-order valence-corrected chi connectivity index (χ2v) is 10.6. The summed E-state index contributed by atoms with van der Waals surface area (Å²) in [6.07, 6.45) is 11.0. The highest BCUT2D eigenvalue weighted by atomic mass is 35.5. The van der Waals surface area contributed by atoms with Gasteiger partial charge in [-0.3, -0.25) is 0 Å². The lowest BCUT2D eigenvalue weighted by Gasteiger charge is -2.31. The topological polar surface area (TPSA) is 93.2 Å². The van der Waals surface area contributed by atoms with Crippen molar-refractivity contribution in [1.29, 1.82) is 0 Å². The van der Waals surface area contributed by atoms with Gasteiger partial charge in [-0.15, -0.1) is 0 Å². The number of nitrogens with zero attached hydrogens (tertiary/aromatic N) is 3. The minimum Gasteiger partial charge on any atom is -0.381 e. The lowest BCUT2D eigenvalue weighted by atomic mass is 9.90. The van der Waals surface area contributed by atoms with Crippen LogP contribution in [0, 0.1) is 5.92 Å². The van der Waals surface area contributed by atoms with Crippen molar-refractivity contribution in [3.63, 3.8) is 0 Å². The summed E-state index contributed by atoms with van der Waals surface area (Å²) in [7, 11) is 0. The molecule has 1 unspecified atom stereocenters. The van der Waals surface area contributed by atoms with Crippen molar-refractivity contribution in [2.75, 3.05) is 43.6 Å². The van der Waals surface area contributed by atoms with E-state index in [4.69, 9.17) is 37.7 Å². The van der Waals surface area contributed by atoms with E-state index in [0.717, 1.165) is 89.3 Å². The number of hydrogen-bond donors (Lipinski definition) is 3. The van der Waals surface area contributed by atoms with Crippen LogP contribution in [0.4, 0.5) is 11.6 Å². The van der Waals surface area contributed by atoms with Crippen molar-refractivity contribution < 1.29 is 9.47 Å². The Morgan fingerprint density at radius 1 is 0.829 bits per heavy atom. The molecule has 1 aliphatic carbocycles. The molecule has 0 radical (unpaired) electrons. The van der Waals surface area contributed by atoms with Crippen molar-refractivity contribution in [2.45, 2.75) is 63.1 Å². The van der Waals surface area contributed by atoms with Gasteiger partial charge in [0.1, 0.15) is 17.3 Å². The minimum atomic E-state index is 0.322. The van der Waals surface area contributed by atoms with Crippen LogP contribution in [-0.4, -0.2) is 66.0 Å². The first kappa shape index (κ1) is 25.0. The number of hydrogen-bond acceptors (Lipinski definition) is 8. The molecular weight excluding hydrogens is 487 g/mol. The summed E-state index contributed by atoms with van der Waals surface area (Å²) >= 11 is 13.0. The molecule has 2 aromatic rings. The largest absolute Gasteiger partial charge is 0.381 e. The Balaban J connectivity index is 1.21. The summed E-state index contributed by atoms with van der Waals surface area (Å²) in [6.45, 7) is 4.19. The Labute approximate surface area is 216 Å². The zero-order chi connectivity index (χ0) is 24.0. The lowest BCUT2D eigenvalue weighted by molar-refractivity contribution is 0.0699. The number of anilines is 2. The summed E-state index contributed by atoms with van der Waals surface area (Å²) in [5, 5.41) is 11.6. The maximum atomic E-state index is 6.53. The molecule has 3 N–H and O–H groups in total. The van der Waals surface area contributed by atoms with E-state index >= 15 is 0 Å². The molecule has 1 atom stereocenters. The zero-order valence-corrected chi connectivity index (χ0v) is 21.5. The SMILES string of the molecule is Clc1cnc(NC2CCC(NC3CCOC3)CC2)cc1-c1nc(NCC2CCOCC2)cnc1Cl. The van der Waals surface area contributed by atoms with Crippen LogP contribution in [0.25, 0.3) is 11.3 Å². The molecule has 0 aromatic carbocycles. The lowest BCUT2D eigenvalue weighted by Crippen LogP contribution is -2.42. The molecular formula is C25H34Cl2N6O2. The van der Waals surface area contributed by atoms with Gasteiger partial charge in [-0.1, -0.05) is 23.2 Å². The predicted molar refractivity (Wildman–Crippen MR) is 139 cm³/mol. The molecule has 35 heavy (non-hydrogen) atoms. The molecule has 2 aliphatic heterocycles. The molecule has 2 saturated heterocycles. The van der Waals surface area contributed by atoms with Crippen LogP contribution in [0.1, 0.15) is 44.9 Å². The molecule has 10 heteroatoms. The van der Waals surface area contributed by atoms with E-state index in [1.165, 1.54) is 0 Å². The Bertz CT molecular complexity index is 976. The van der Waals surface area contributed by atoms with E-state index in [2.05, 4.69) is 25.9 Å². The first-order chi connectivity index (χ1) is 17.1. The third-order valence-electron chi connectivity index (χ3n) is 7.23. The van der Waals surface area contributed by atoms with Gasteiger partial charge in [0.2, 0.25) is 0 Å². The molecule has 2 aromatic heterocycles. The van der Waals surface area contributed by atoms with Crippen molar-refractivity contribution in [1.82, 2.24) is 20.3 Å². The highest BCUT2D eigenvalue weighted by molar-refractivity contribution is 6.35. The fraction of sp³-hybridized carbons (Fsp3) is 0.640. The van der Waals surface area contributed by atoms with Crippen LogP contribution in [0.2, 0.25) is 10.2 Å². The van der Waals surface area contributed by atoms with Gasteiger partial charge >= 0.3 is 0 Å². The van der Waals surface area contributed by atoms with Gasteiger partial charge in [0.25, 0.3) is 0 Å². The standard InChI is InChI=1S/C25H34Cl2N6O2/c26-21-13-29-22(32-18-3-1-17(2-4-18)31-19-7-10-35-15-19)11-20(21)24-25(27)30-14-23(33-24)28-12-16-5-8-34-9-6-16/h11,13-14,16-19,31H,1-10,12,15H2,(H,28,33)(H,29,32). The first-order valence-corrected chi connectivity index (χ1v) is 13.5. The average molecular weight is 521 g/mol. The summed E-state index contributed by atoms with van der Waals surface area (Å²) in [4.78, 5) is 13.6. The smallest absolute Gasteiger partial charge is 0.155 e. The number of pyridine rings is 1. The summed E-state index contributed by atoms with van der Waals surface area (Å²) in [5.41, 5.74) is 1.29. The fourth-order valence-corrected chi connectivity index (χ4v) is 5.53. The number of nitrogens with one attached hydrogen (secondary N) is 3. The second kappa shape index (κ2) is 12.0. The molecule has 0 amide bonds. The van der Waals surface area contributed by atoms with Crippen molar-refractivity contribution in [3.05, 3.63) is 28.6 Å². The molecule has 8 nitrogen and oxygen atoms in total. The third-order valence-corrected chi connectivity index (χ3v) is 7.81. The molecule has 5 rings (SSSR count). The van der Waals surface area contributed by atoms with Crippen molar-refractivity contribution >= 4 is 34.8 Å². The summed E-state index contributed by atoms with van der Waals surface area (Å²) in [5.74, 6) is 2.04. The van der Waals surface area contributed by atoms with Crippen LogP contribution < -0.4 is 16.0 Å². The molecule has 4 heterocycles. The van der Waals surface area contributed by atoms with E-state index < -0.39 is 0 Å².